The van der Waals surface area contributed by atoms with E-state index in [1.54, 1.807) is 23.5 Å². The van der Waals surface area contributed by atoms with E-state index in [1.165, 1.54) is 36.1 Å². The molecule has 3 rings (SSSR count). The number of carbonyl (C=O) groups excluding carboxylic acids is 2. The number of rotatable bonds is 2. The number of nitrogens with one attached hydrogen (secondary N) is 2. The summed E-state index contributed by atoms with van der Waals surface area (Å²) in [6.07, 6.45) is 7.02. The minimum atomic E-state index is -0.303. The van der Waals surface area contributed by atoms with Crippen molar-refractivity contribution in [3.63, 3.8) is 0 Å². The largest absolute Gasteiger partial charge is 0.279 e. The Morgan fingerprint density at radius 1 is 0.958 bits per heavy atom. The Morgan fingerprint density at radius 2 is 1.67 bits per heavy atom. The van der Waals surface area contributed by atoms with Gasteiger partial charge in [-0.3, -0.25) is 20.4 Å². The van der Waals surface area contributed by atoms with E-state index >= 15 is 0 Å². The molecule has 2 amide bonds. The molecule has 2 N–H and O–H groups in total. The van der Waals surface area contributed by atoms with Gasteiger partial charge in [0.25, 0.3) is 11.8 Å². The van der Waals surface area contributed by atoms with Gasteiger partial charge in [0, 0.05) is 8.45 Å². The van der Waals surface area contributed by atoms with E-state index in [9.17, 15) is 9.59 Å². The van der Waals surface area contributed by atoms with Gasteiger partial charge in [-0.2, -0.15) is 0 Å². The number of carbonyl (C=O) groups is 2. The van der Waals surface area contributed by atoms with Gasteiger partial charge in [0.05, 0.1) is 10.4 Å². The van der Waals surface area contributed by atoms with Crippen molar-refractivity contribution in [2.45, 2.75) is 38.5 Å². The number of aryl methyl sites for hydroxylation is 2. The van der Waals surface area contributed by atoms with Crippen molar-refractivity contribution in [2.75, 3.05) is 0 Å². The SMILES string of the molecule is O=C(NNC(=O)c1ccccc1I)c1cc2c(s1)CCCCCC2. The summed E-state index contributed by atoms with van der Waals surface area (Å²) < 4.78 is 0.848. The van der Waals surface area contributed by atoms with Crippen LogP contribution in [-0.4, -0.2) is 11.8 Å². The first-order valence-corrected chi connectivity index (χ1v) is 10.0. The predicted molar refractivity (Wildman–Crippen MR) is 104 cm³/mol. The lowest BCUT2D eigenvalue weighted by atomic mass is 10.00. The lowest BCUT2D eigenvalue weighted by Crippen LogP contribution is -2.41. The Balaban J connectivity index is 1.64. The molecule has 1 aliphatic carbocycles. The lowest BCUT2D eigenvalue weighted by molar-refractivity contribution is 0.0848. The van der Waals surface area contributed by atoms with Gasteiger partial charge in [-0.1, -0.05) is 25.0 Å². The highest BCUT2D eigenvalue weighted by atomic mass is 127. The van der Waals surface area contributed by atoms with Crippen LogP contribution in [0.4, 0.5) is 0 Å². The number of thiophene rings is 1. The first-order valence-electron chi connectivity index (χ1n) is 8.12. The minimum absolute atomic E-state index is 0.244. The summed E-state index contributed by atoms with van der Waals surface area (Å²) in [5.74, 6) is -0.547. The highest BCUT2D eigenvalue weighted by Gasteiger charge is 2.17. The van der Waals surface area contributed by atoms with Gasteiger partial charge in [0.15, 0.2) is 0 Å². The monoisotopic (exact) mass is 454 g/mol. The average Bonchev–Trinajstić information content (AvgIpc) is 2.95. The van der Waals surface area contributed by atoms with Gasteiger partial charge >= 0.3 is 0 Å². The van der Waals surface area contributed by atoms with Crippen LogP contribution in [0.3, 0.4) is 0 Å². The molecule has 0 atom stereocenters. The van der Waals surface area contributed by atoms with Crippen molar-refractivity contribution in [3.8, 4) is 0 Å². The van der Waals surface area contributed by atoms with Gasteiger partial charge in [-0.25, -0.2) is 0 Å². The summed E-state index contributed by atoms with van der Waals surface area (Å²) in [4.78, 5) is 26.5. The Kier molecular flexibility index (Phi) is 5.89. The number of halogens is 1. The van der Waals surface area contributed by atoms with Crippen molar-refractivity contribution >= 4 is 45.7 Å². The van der Waals surface area contributed by atoms with E-state index in [1.807, 2.05) is 18.2 Å². The van der Waals surface area contributed by atoms with Gasteiger partial charge in [-0.15, -0.1) is 11.3 Å². The highest BCUT2D eigenvalue weighted by Crippen LogP contribution is 2.28. The second-order valence-electron chi connectivity index (χ2n) is 5.86. The van der Waals surface area contributed by atoms with Crippen molar-refractivity contribution < 1.29 is 9.59 Å². The smallest absolute Gasteiger partial charge is 0.267 e. The summed E-state index contributed by atoms with van der Waals surface area (Å²) in [7, 11) is 0. The third-order valence-corrected chi connectivity index (χ3v) is 6.30. The fourth-order valence-corrected chi connectivity index (χ4v) is 4.63. The molecule has 1 heterocycles. The molecule has 4 nitrogen and oxygen atoms in total. The van der Waals surface area contributed by atoms with Crippen LogP contribution < -0.4 is 10.9 Å². The third-order valence-electron chi connectivity index (χ3n) is 4.13. The molecule has 1 aliphatic rings. The summed E-state index contributed by atoms with van der Waals surface area (Å²) in [6, 6.07) is 9.26. The molecule has 1 aromatic carbocycles. The first kappa shape index (κ1) is 17.4. The molecule has 0 fully saturated rings. The van der Waals surface area contributed by atoms with Crippen LogP contribution in [0.2, 0.25) is 0 Å². The van der Waals surface area contributed by atoms with E-state index in [4.69, 9.17) is 0 Å². The maximum atomic E-state index is 12.3. The Hall–Kier alpha value is -1.41. The van der Waals surface area contributed by atoms with E-state index in [2.05, 4.69) is 33.4 Å². The molecule has 0 radical (unpaired) electrons. The molecule has 2 aromatic rings. The van der Waals surface area contributed by atoms with Crippen LogP contribution in [0.1, 0.15) is 56.2 Å². The predicted octanol–water partition coefficient (Wildman–Crippen LogP) is 4.09. The van der Waals surface area contributed by atoms with Gasteiger partial charge in [0.2, 0.25) is 0 Å². The molecule has 24 heavy (non-hydrogen) atoms. The number of hydrogen-bond donors (Lipinski definition) is 2. The van der Waals surface area contributed by atoms with E-state index < -0.39 is 0 Å². The molecule has 1 aromatic heterocycles. The first-order chi connectivity index (χ1) is 11.6. The molecule has 0 saturated heterocycles. The number of hydrogen-bond acceptors (Lipinski definition) is 3. The summed E-state index contributed by atoms with van der Waals surface area (Å²) in [6.45, 7) is 0. The minimum Gasteiger partial charge on any atom is -0.267 e. The number of amides is 2. The molecular weight excluding hydrogens is 435 g/mol. The Labute approximate surface area is 159 Å². The highest BCUT2D eigenvalue weighted by molar-refractivity contribution is 14.1. The molecule has 0 spiro atoms. The second-order valence-corrected chi connectivity index (χ2v) is 8.16. The average molecular weight is 454 g/mol. The van der Waals surface area contributed by atoms with Crippen LogP contribution in [0.5, 0.6) is 0 Å². The fraction of sp³-hybridized carbons (Fsp3) is 0.333. The van der Waals surface area contributed by atoms with Crippen molar-refractivity contribution in [1.29, 1.82) is 0 Å². The zero-order chi connectivity index (χ0) is 16.9. The van der Waals surface area contributed by atoms with Gasteiger partial charge < -0.3 is 0 Å². The number of hydrazine groups is 1. The summed E-state index contributed by atoms with van der Waals surface area (Å²) in [5, 5.41) is 0. The van der Waals surface area contributed by atoms with Crippen LogP contribution in [0, 0.1) is 3.57 Å². The fourth-order valence-electron chi connectivity index (χ4n) is 2.84. The van der Waals surface area contributed by atoms with Crippen molar-refractivity contribution in [2.24, 2.45) is 0 Å². The van der Waals surface area contributed by atoms with E-state index in [0.29, 0.717) is 10.4 Å². The molecule has 0 aliphatic heterocycles. The third kappa shape index (κ3) is 4.16. The van der Waals surface area contributed by atoms with Crippen LogP contribution >= 0.6 is 33.9 Å². The van der Waals surface area contributed by atoms with Crippen molar-refractivity contribution in [3.05, 3.63) is 54.8 Å². The Morgan fingerprint density at radius 3 is 2.46 bits per heavy atom. The van der Waals surface area contributed by atoms with Crippen LogP contribution in [0.15, 0.2) is 30.3 Å². The maximum Gasteiger partial charge on any atom is 0.279 e. The zero-order valence-electron chi connectivity index (χ0n) is 13.2. The molecular formula is C18H19IN2O2S. The normalized spacial score (nSPS) is 14.2. The number of fused-ring (bicyclic) bond motifs is 1. The van der Waals surface area contributed by atoms with Gasteiger partial charge in [-0.05, 0) is 72.0 Å². The zero-order valence-corrected chi connectivity index (χ0v) is 16.2. The Bertz CT molecular complexity index is 732. The summed E-state index contributed by atoms with van der Waals surface area (Å²) >= 11 is 3.66. The molecule has 0 saturated carbocycles. The van der Waals surface area contributed by atoms with E-state index in [0.717, 1.165) is 16.4 Å². The maximum absolute atomic E-state index is 12.3. The standard InChI is InChI=1S/C18H19IN2O2S/c19-14-9-6-5-8-13(14)17(22)20-21-18(23)16-11-12-7-3-1-2-4-10-15(12)24-16/h5-6,8-9,11H,1-4,7,10H2,(H,20,22)(H,21,23). The molecule has 126 valence electrons. The van der Waals surface area contributed by atoms with Crippen LogP contribution in [0.25, 0.3) is 0 Å². The van der Waals surface area contributed by atoms with Crippen molar-refractivity contribution in [1.82, 2.24) is 10.9 Å². The topological polar surface area (TPSA) is 58.2 Å². The number of benzene rings is 1. The molecule has 0 unspecified atom stereocenters. The lowest BCUT2D eigenvalue weighted by Gasteiger charge is -2.07. The molecule has 0 bridgehead atoms. The second kappa shape index (κ2) is 8.11. The molecule has 6 heteroatoms. The van der Waals surface area contributed by atoms with Crippen LogP contribution in [-0.2, 0) is 12.8 Å². The van der Waals surface area contributed by atoms with Gasteiger partial charge in [0.1, 0.15) is 0 Å². The summed E-state index contributed by atoms with van der Waals surface area (Å²) in [5.41, 5.74) is 6.89. The van der Waals surface area contributed by atoms with E-state index in [-0.39, 0.29) is 11.8 Å². The quantitative estimate of drug-likeness (QED) is 0.531.